The summed E-state index contributed by atoms with van der Waals surface area (Å²) in [7, 11) is 0. The van der Waals surface area contributed by atoms with Gasteiger partial charge >= 0.3 is 0 Å². The number of aromatic nitrogens is 4. The van der Waals surface area contributed by atoms with Crippen LogP contribution in [0.2, 0.25) is 0 Å². The van der Waals surface area contributed by atoms with Gasteiger partial charge in [-0.25, -0.2) is 0 Å². The van der Waals surface area contributed by atoms with E-state index in [0.717, 1.165) is 43.2 Å². The molecule has 2 N–H and O–H groups in total. The van der Waals surface area contributed by atoms with Gasteiger partial charge in [-0.15, -0.1) is 10.2 Å². The number of aryl methyl sites for hydroxylation is 1. The Morgan fingerprint density at radius 1 is 1.06 bits per heavy atom. The van der Waals surface area contributed by atoms with Gasteiger partial charge in [-0.3, -0.25) is 4.79 Å². The molecular weight excluding hydrogens is 428 g/mol. The lowest BCUT2D eigenvalue weighted by atomic mass is 10.0. The van der Waals surface area contributed by atoms with Gasteiger partial charge in [-0.05, 0) is 67.5 Å². The van der Waals surface area contributed by atoms with Crippen LogP contribution < -0.4 is 5.32 Å². The van der Waals surface area contributed by atoms with Crippen LogP contribution in [0.15, 0.2) is 54.6 Å². The largest absolute Gasteiger partial charge is 0.387 e. The van der Waals surface area contributed by atoms with E-state index in [1.165, 1.54) is 5.56 Å². The summed E-state index contributed by atoms with van der Waals surface area (Å²) in [4.78, 5) is 16.6. The molecule has 2 aliphatic rings. The van der Waals surface area contributed by atoms with Crippen molar-refractivity contribution in [1.29, 1.82) is 0 Å². The van der Waals surface area contributed by atoms with Gasteiger partial charge in [-0.1, -0.05) is 42.5 Å². The predicted octanol–water partition coefficient (Wildman–Crippen LogP) is 2.86. The molecule has 34 heavy (non-hydrogen) atoms. The van der Waals surface area contributed by atoms with Crippen LogP contribution in [0.25, 0.3) is 0 Å². The molecule has 178 valence electrons. The van der Waals surface area contributed by atoms with Gasteiger partial charge in [0.15, 0.2) is 5.82 Å². The van der Waals surface area contributed by atoms with E-state index < -0.39 is 6.10 Å². The molecule has 3 heterocycles. The van der Waals surface area contributed by atoms with Crippen molar-refractivity contribution in [1.82, 2.24) is 30.4 Å². The number of amides is 1. The number of aliphatic hydroxyl groups excluding tert-OH is 1. The summed E-state index contributed by atoms with van der Waals surface area (Å²) in [5, 5.41) is 26.7. The van der Waals surface area contributed by atoms with E-state index in [1.807, 2.05) is 54.3 Å². The molecule has 8 heteroatoms. The zero-order valence-corrected chi connectivity index (χ0v) is 19.5. The summed E-state index contributed by atoms with van der Waals surface area (Å²) in [5.41, 5.74) is 2.89. The molecule has 2 aromatic carbocycles. The topological polar surface area (TPSA) is 96.2 Å². The van der Waals surface area contributed by atoms with E-state index in [4.69, 9.17) is 0 Å². The molecular formula is C26H32N6O2. The molecule has 0 spiro atoms. The standard InChI is InChI=1S/C26H32N6O2/c1-18-28-30-32(29-18)23-13-15-31(16-14-23)26(34)21-9-7-19(8-10-21)17-22-11-12-24(27-22)25(33)20-5-3-2-4-6-20/h2-10,22-25,27,33H,11-17H2,1H3/t22-,24+,25+/m0/s1. The second-order valence-electron chi connectivity index (χ2n) is 9.48. The van der Waals surface area contributed by atoms with E-state index in [-0.39, 0.29) is 18.0 Å². The second-order valence-corrected chi connectivity index (χ2v) is 9.48. The number of hydrogen-bond acceptors (Lipinski definition) is 6. The van der Waals surface area contributed by atoms with E-state index in [0.29, 0.717) is 25.0 Å². The molecule has 8 nitrogen and oxygen atoms in total. The minimum absolute atomic E-state index is 0.0767. The van der Waals surface area contributed by atoms with Crippen molar-refractivity contribution in [3.05, 3.63) is 77.1 Å². The Balaban J connectivity index is 1.12. The highest BCUT2D eigenvalue weighted by Gasteiger charge is 2.30. The van der Waals surface area contributed by atoms with Crippen molar-refractivity contribution < 1.29 is 9.90 Å². The Morgan fingerprint density at radius 2 is 1.79 bits per heavy atom. The van der Waals surface area contributed by atoms with Crippen LogP contribution in [-0.2, 0) is 6.42 Å². The maximum absolute atomic E-state index is 13.0. The fourth-order valence-corrected chi connectivity index (χ4v) is 5.15. The number of tetrazole rings is 1. The smallest absolute Gasteiger partial charge is 0.253 e. The first-order valence-electron chi connectivity index (χ1n) is 12.2. The molecule has 0 radical (unpaired) electrons. The molecule has 0 bridgehead atoms. The van der Waals surface area contributed by atoms with Crippen LogP contribution in [0, 0.1) is 6.92 Å². The Labute approximate surface area is 200 Å². The summed E-state index contributed by atoms with van der Waals surface area (Å²) in [5.74, 6) is 0.757. The minimum atomic E-state index is -0.486. The number of rotatable bonds is 6. The third kappa shape index (κ3) is 5.03. The van der Waals surface area contributed by atoms with Crippen molar-refractivity contribution in [2.75, 3.05) is 13.1 Å². The fourth-order valence-electron chi connectivity index (χ4n) is 5.15. The highest BCUT2D eigenvalue weighted by molar-refractivity contribution is 5.94. The van der Waals surface area contributed by atoms with E-state index in [9.17, 15) is 9.90 Å². The van der Waals surface area contributed by atoms with Crippen molar-refractivity contribution in [3.8, 4) is 0 Å². The van der Waals surface area contributed by atoms with Gasteiger partial charge in [0.2, 0.25) is 0 Å². The Bertz CT molecular complexity index is 1090. The van der Waals surface area contributed by atoms with Gasteiger partial charge in [0.1, 0.15) is 0 Å². The van der Waals surface area contributed by atoms with E-state index in [2.05, 4.69) is 32.9 Å². The fraction of sp³-hybridized carbons (Fsp3) is 0.462. The first kappa shape index (κ1) is 22.7. The van der Waals surface area contributed by atoms with Gasteiger partial charge < -0.3 is 15.3 Å². The second kappa shape index (κ2) is 10.0. The van der Waals surface area contributed by atoms with Gasteiger partial charge in [0.05, 0.1) is 12.1 Å². The lowest BCUT2D eigenvalue weighted by Crippen LogP contribution is -2.39. The highest BCUT2D eigenvalue weighted by Crippen LogP contribution is 2.27. The molecule has 2 aliphatic heterocycles. The highest BCUT2D eigenvalue weighted by atomic mass is 16.3. The lowest BCUT2D eigenvalue weighted by molar-refractivity contribution is 0.0683. The molecule has 3 aromatic rings. The van der Waals surface area contributed by atoms with Gasteiger partial charge in [0.25, 0.3) is 5.91 Å². The predicted molar refractivity (Wildman–Crippen MR) is 128 cm³/mol. The summed E-state index contributed by atoms with van der Waals surface area (Å²) < 4.78 is 0. The van der Waals surface area contributed by atoms with Crippen LogP contribution in [0.4, 0.5) is 0 Å². The normalized spacial score (nSPS) is 22.1. The lowest BCUT2D eigenvalue weighted by Gasteiger charge is -2.31. The Kier molecular flexibility index (Phi) is 6.69. The third-order valence-corrected chi connectivity index (χ3v) is 7.09. The number of nitrogens with zero attached hydrogens (tertiary/aromatic N) is 5. The minimum Gasteiger partial charge on any atom is -0.387 e. The summed E-state index contributed by atoms with van der Waals surface area (Å²) >= 11 is 0. The number of hydrogen-bond donors (Lipinski definition) is 2. The molecule has 0 aliphatic carbocycles. The summed E-state index contributed by atoms with van der Waals surface area (Å²) in [6.45, 7) is 3.23. The third-order valence-electron chi connectivity index (χ3n) is 7.09. The maximum Gasteiger partial charge on any atom is 0.253 e. The van der Waals surface area contributed by atoms with E-state index in [1.54, 1.807) is 4.80 Å². The number of benzene rings is 2. The number of likely N-dealkylation sites (tertiary alicyclic amines) is 1. The van der Waals surface area contributed by atoms with Crippen molar-refractivity contribution in [3.63, 3.8) is 0 Å². The summed E-state index contributed by atoms with van der Waals surface area (Å²) in [6.07, 6.45) is 4.06. The quantitative estimate of drug-likeness (QED) is 0.587. The zero-order valence-electron chi connectivity index (χ0n) is 19.5. The number of nitrogens with one attached hydrogen (secondary N) is 1. The molecule has 2 fully saturated rings. The van der Waals surface area contributed by atoms with Crippen molar-refractivity contribution in [2.24, 2.45) is 0 Å². The SMILES string of the molecule is Cc1nnn(C2CCN(C(=O)c3ccc(C[C@@H]4CC[C@H]([C@H](O)c5ccccc5)N4)cc3)CC2)n1. The molecule has 0 saturated carbocycles. The van der Waals surface area contributed by atoms with Crippen LogP contribution in [0.5, 0.6) is 0 Å². The summed E-state index contributed by atoms with van der Waals surface area (Å²) in [6, 6.07) is 18.5. The van der Waals surface area contributed by atoms with E-state index >= 15 is 0 Å². The average Bonchev–Trinajstić information content (AvgIpc) is 3.53. The molecule has 5 rings (SSSR count). The Hall–Kier alpha value is -3.10. The monoisotopic (exact) mass is 460 g/mol. The van der Waals surface area contributed by atoms with Gasteiger partial charge in [0, 0.05) is 30.7 Å². The van der Waals surface area contributed by atoms with Crippen LogP contribution in [-0.4, -0.2) is 61.3 Å². The first-order valence-corrected chi connectivity index (χ1v) is 12.2. The number of aliphatic hydroxyl groups is 1. The molecule has 3 atom stereocenters. The van der Waals surface area contributed by atoms with Crippen LogP contribution >= 0.6 is 0 Å². The van der Waals surface area contributed by atoms with Crippen molar-refractivity contribution >= 4 is 5.91 Å². The number of carbonyl (C=O) groups excluding carboxylic acids is 1. The van der Waals surface area contributed by atoms with Crippen LogP contribution in [0.3, 0.4) is 0 Å². The average molecular weight is 461 g/mol. The van der Waals surface area contributed by atoms with Crippen molar-refractivity contribution in [2.45, 2.75) is 63.3 Å². The molecule has 2 saturated heterocycles. The zero-order chi connectivity index (χ0) is 23.5. The Morgan fingerprint density at radius 3 is 2.47 bits per heavy atom. The van der Waals surface area contributed by atoms with Crippen LogP contribution in [0.1, 0.15) is 65.1 Å². The van der Waals surface area contributed by atoms with Gasteiger partial charge in [-0.2, -0.15) is 4.80 Å². The maximum atomic E-state index is 13.0. The molecule has 0 unspecified atom stereocenters. The number of carbonyl (C=O) groups is 1. The number of piperidine rings is 1. The first-order chi connectivity index (χ1) is 16.6. The molecule has 1 aromatic heterocycles. The molecule has 1 amide bonds.